The van der Waals surface area contributed by atoms with Crippen molar-refractivity contribution < 1.29 is 9.90 Å². The highest BCUT2D eigenvalue weighted by Crippen LogP contribution is 1.88. The van der Waals surface area contributed by atoms with Gasteiger partial charge in [0, 0.05) is 11.9 Å². The second kappa shape index (κ2) is 4.46. The Morgan fingerprint density at radius 1 is 1.89 bits per heavy atom. The van der Waals surface area contributed by atoms with Gasteiger partial charge in [-0.25, -0.2) is 4.79 Å². The van der Waals surface area contributed by atoms with Crippen LogP contribution < -0.4 is 11.1 Å². The highest BCUT2D eigenvalue weighted by Gasteiger charge is 1.95. The lowest BCUT2D eigenvalue weighted by atomic mass is 10.4. The van der Waals surface area contributed by atoms with E-state index in [2.05, 4.69) is 17.9 Å². The van der Waals surface area contributed by atoms with Gasteiger partial charge in [0.05, 0.1) is 0 Å². The minimum absolute atomic E-state index is 0.239. The molecule has 54 valence electrons. The van der Waals surface area contributed by atoms with Crippen molar-refractivity contribution in [3.05, 3.63) is 0 Å². The molecule has 0 bridgehead atoms. The zero-order valence-electron chi connectivity index (χ0n) is 4.87. The average molecular weight is 150 g/mol. The Hall–Kier alpha value is -0.420. The van der Waals surface area contributed by atoms with Crippen LogP contribution in [-0.2, 0) is 0 Å². The lowest BCUT2D eigenvalue weighted by molar-refractivity contribution is 0.194. The molecule has 0 saturated carbocycles. The molecular weight excluding hydrogens is 140 g/mol. The number of rotatable bonds is 3. The SMILES string of the molecule is NC(S)CCNC(=O)O. The Bertz CT molecular complexity index is 96.6. The topological polar surface area (TPSA) is 75.3 Å². The Balaban J connectivity index is 3.01. The third kappa shape index (κ3) is 7.58. The van der Waals surface area contributed by atoms with Gasteiger partial charge in [0.2, 0.25) is 0 Å². The molecule has 0 aromatic rings. The number of carboxylic acid groups (broad SMARTS) is 1. The molecule has 5 heteroatoms. The zero-order chi connectivity index (χ0) is 7.28. The van der Waals surface area contributed by atoms with Crippen molar-refractivity contribution in [2.75, 3.05) is 6.54 Å². The summed E-state index contributed by atoms with van der Waals surface area (Å²) >= 11 is 3.85. The maximum absolute atomic E-state index is 9.80. The van der Waals surface area contributed by atoms with Crippen molar-refractivity contribution in [2.24, 2.45) is 5.73 Å². The van der Waals surface area contributed by atoms with Crippen LogP contribution in [-0.4, -0.2) is 23.1 Å². The molecule has 0 saturated heterocycles. The van der Waals surface area contributed by atoms with Gasteiger partial charge in [-0.2, -0.15) is 12.6 Å². The first kappa shape index (κ1) is 8.58. The fourth-order valence-electron chi connectivity index (χ4n) is 0.327. The zero-order valence-corrected chi connectivity index (χ0v) is 5.77. The first-order valence-electron chi connectivity index (χ1n) is 2.53. The lowest BCUT2D eigenvalue weighted by Crippen LogP contribution is -2.26. The van der Waals surface area contributed by atoms with Crippen molar-refractivity contribution in [1.29, 1.82) is 0 Å². The maximum Gasteiger partial charge on any atom is 0.404 e. The molecule has 1 amide bonds. The molecule has 0 aliphatic carbocycles. The van der Waals surface area contributed by atoms with Gasteiger partial charge in [-0.15, -0.1) is 0 Å². The molecule has 0 aliphatic heterocycles. The van der Waals surface area contributed by atoms with Gasteiger partial charge in [0.1, 0.15) is 0 Å². The molecule has 0 fully saturated rings. The first-order chi connectivity index (χ1) is 4.13. The first-order valence-corrected chi connectivity index (χ1v) is 3.05. The molecule has 4 N–H and O–H groups in total. The lowest BCUT2D eigenvalue weighted by Gasteiger charge is -2.02. The number of nitrogens with one attached hydrogen (secondary N) is 1. The highest BCUT2D eigenvalue weighted by molar-refractivity contribution is 7.80. The van der Waals surface area contributed by atoms with Gasteiger partial charge in [-0.05, 0) is 6.42 Å². The number of hydrogen-bond donors (Lipinski definition) is 4. The van der Waals surface area contributed by atoms with E-state index in [9.17, 15) is 4.79 Å². The van der Waals surface area contributed by atoms with Gasteiger partial charge in [-0.1, -0.05) is 0 Å². The van der Waals surface area contributed by atoms with Crippen LogP contribution in [0.25, 0.3) is 0 Å². The minimum Gasteiger partial charge on any atom is -0.465 e. The minimum atomic E-state index is -1.02. The average Bonchev–Trinajstić information content (AvgIpc) is 1.63. The highest BCUT2D eigenvalue weighted by atomic mass is 32.1. The van der Waals surface area contributed by atoms with E-state index in [1.165, 1.54) is 0 Å². The summed E-state index contributed by atoms with van der Waals surface area (Å²) in [7, 11) is 0. The summed E-state index contributed by atoms with van der Waals surface area (Å²) in [6.45, 7) is 0.361. The second-order valence-corrected chi connectivity index (χ2v) is 2.25. The van der Waals surface area contributed by atoms with E-state index in [1.54, 1.807) is 0 Å². The number of amides is 1. The van der Waals surface area contributed by atoms with Gasteiger partial charge >= 0.3 is 6.09 Å². The van der Waals surface area contributed by atoms with Crippen LogP contribution in [0.2, 0.25) is 0 Å². The third-order valence-corrected chi connectivity index (χ3v) is 0.975. The second-order valence-electron chi connectivity index (χ2n) is 1.59. The molecule has 1 atom stereocenters. The molecule has 0 spiro atoms. The summed E-state index contributed by atoms with van der Waals surface area (Å²) in [5.74, 6) is 0. The number of carbonyl (C=O) groups is 1. The molecule has 0 rings (SSSR count). The fraction of sp³-hybridized carbons (Fsp3) is 0.750. The van der Waals surface area contributed by atoms with E-state index in [0.717, 1.165) is 0 Å². The maximum atomic E-state index is 9.80. The molecule has 9 heavy (non-hydrogen) atoms. The van der Waals surface area contributed by atoms with E-state index in [0.29, 0.717) is 13.0 Å². The van der Waals surface area contributed by atoms with Gasteiger partial charge in [-0.3, -0.25) is 0 Å². The van der Waals surface area contributed by atoms with Gasteiger partial charge in [0.25, 0.3) is 0 Å². The van der Waals surface area contributed by atoms with Crippen LogP contribution in [0.1, 0.15) is 6.42 Å². The van der Waals surface area contributed by atoms with Crippen molar-refractivity contribution >= 4 is 18.7 Å². The molecule has 4 nitrogen and oxygen atoms in total. The molecule has 0 heterocycles. The van der Waals surface area contributed by atoms with E-state index in [1.807, 2.05) is 0 Å². The molecule has 1 unspecified atom stereocenters. The Morgan fingerprint density at radius 3 is 2.78 bits per heavy atom. The summed E-state index contributed by atoms with van der Waals surface area (Å²) in [4.78, 5) is 9.80. The van der Waals surface area contributed by atoms with E-state index < -0.39 is 6.09 Å². The molecular formula is C4H10N2O2S. The summed E-state index contributed by atoms with van der Waals surface area (Å²) in [5.41, 5.74) is 5.21. The normalized spacial score (nSPS) is 12.7. The van der Waals surface area contributed by atoms with E-state index in [4.69, 9.17) is 10.8 Å². The summed E-state index contributed by atoms with van der Waals surface area (Å²) in [6, 6.07) is 0. The van der Waals surface area contributed by atoms with Crippen molar-refractivity contribution in [3.8, 4) is 0 Å². The smallest absolute Gasteiger partial charge is 0.404 e. The van der Waals surface area contributed by atoms with Crippen LogP contribution in [0.5, 0.6) is 0 Å². The Labute approximate surface area is 58.8 Å². The molecule has 0 radical (unpaired) electrons. The Kier molecular flexibility index (Phi) is 4.25. The molecule has 0 aromatic carbocycles. The number of thiol groups is 1. The van der Waals surface area contributed by atoms with Crippen molar-refractivity contribution in [2.45, 2.75) is 11.8 Å². The molecule has 0 aliphatic rings. The van der Waals surface area contributed by atoms with Crippen LogP contribution in [0.4, 0.5) is 4.79 Å². The van der Waals surface area contributed by atoms with Crippen molar-refractivity contribution in [1.82, 2.24) is 5.32 Å². The number of hydrogen-bond acceptors (Lipinski definition) is 3. The summed E-state index contributed by atoms with van der Waals surface area (Å²) in [5, 5.41) is 9.98. The van der Waals surface area contributed by atoms with Crippen LogP contribution in [0.3, 0.4) is 0 Å². The summed E-state index contributed by atoms with van der Waals surface area (Å²) < 4.78 is 0. The largest absolute Gasteiger partial charge is 0.465 e. The standard InChI is InChI=1S/C4H10N2O2S/c5-3(9)1-2-6-4(7)8/h3,6,9H,1-2,5H2,(H,7,8). The van der Waals surface area contributed by atoms with Crippen LogP contribution >= 0.6 is 12.6 Å². The fourth-order valence-corrected chi connectivity index (χ4v) is 0.456. The van der Waals surface area contributed by atoms with Crippen molar-refractivity contribution in [3.63, 3.8) is 0 Å². The summed E-state index contributed by atoms with van der Waals surface area (Å²) in [6.07, 6.45) is -0.473. The predicted molar refractivity (Wildman–Crippen MR) is 37.6 cm³/mol. The van der Waals surface area contributed by atoms with Crippen LogP contribution in [0, 0.1) is 0 Å². The van der Waals surface area contributed by atoms with Crippen LogP contribution in [0.15, 0.2) is 0 Å². The molecule has 0 aromatic heterocycles. The number of nitrogens with two attached hydrogens (primary N) is 1. The quantitative estimate of drug-likeness (QED) is 0.334. The third-order valence-electron chi connectivity index (χ3n) is 0.716. The Morgan fingerprint density at radius 2 is 2.44 bits per heavy atom. The monoisotopic (exact) mass is 150 g/mol. The predicted octanol–water partition coefficient (Wildman–Crippen LogP) is -0.141. The van der Waals surface area contributed by atoms with E-state index >= 15 is 0 Å². The van der Waals surface area contributed by atoms with Gasteiger partial charge in [0.15, 0.2) is 0 Å². The van der Waals surface area contributed by atoms with E-state index in [-0.39, 0.29) is 5.37 Å². The van der Waals surface area contributed by atoms with Gasteiger partial charge < -0.3 is 16.2 Å².